The molecule has 0 aliphatic heterocycles. The molecule has 1 nitrogen and oxygen atoms in total. The van der Waals surface area contributed by atoms with Crippen molar-refractivity contribution in [3.8, 4) is 0 Å². The number of rotatable bonds is 3. The molecule has 0 bridgehead atoms. The molecule has 1 rings (SSSR count). The summed E-state index contributed by atoms with van der Waals surface area (Å²) in [5.41, 5.74) is 2.13. The summed E-state index contributed by atoms with van der Waals surface area (Å²) in [6, 6.07) is 2.02. The summed E-state index contributed by atoms with van der Waals surface area (Å²) in [5.74, 6) is 0.501. The Labute approximate surface area is 82.7 Å². The van der Waals surface area contributed by atoms with Gasteiger partial charge in [-0.1, -0.05) is 31.0 Å². The van der Waals surface area contributed by atoms with E-state index in [0.29, 0.717) is 11.0 Å². The standard InChI is InChI=1S/C9H11Cl2N/c1-2-3-8-4-7(5-10)6-12-9(8)11/h4,6H,2-3,5H2,1H3. The minimum Gasteiger partial charge on any atom is -0.244 e. The van der Waals surface area contributed by atoms with Crippen molar-refractivity contribution in [2.45, 2.75) is 25.6 Å². The normalized spacial score (nSPS) is 10.2. The molecule has 1 heterocycles. The lowest BCUT2D eigenvalue weighted by Crippen LogP contribution is -1.90. The van der Waals surface area contributed by atoms with Gasteiger partial charge in [0.2, 0.25) is 0 Å². The molecule has 12 heavy (non-hydrogen) atoms. The molecule has 66 valence electrons. The van der Waals surface area contributed by atoms with E-state index in [1.807, 2.05) is 6.07 Å². The van der Waals surface area contributed by atoms with Crippen molar-refractivity contribution >= 4 is 23.2 Å². The van der Waals surface area contributed by atoms with Crippen molar-refractivity contribution in [1.82, 2.24) is 4.98 Å². The summed E-state index contributed by atoms with van der Waals surface area (Å²) in [6.07, 6.45) is 3.76. The molecule has 0 aliphatic carbocycles. The Morgan fingerprint density at radius 2 is 2.25 bits per heavy atom. The van der Waals surface area contributed by atoms with Gasteiger partial charge in [0.25, 0.3) is 0 Å². The minimum absolute atomic E-state index is 0.501. The third-order valence-corrected chi connectivity index (χ3v) is 2.29. The average molecular weight is 204 g/mol. The van der Waals surface area contributed by atoms with Gasteiger partial charge >= 0.3 is 0 Å². The van der Waals surface area contributed by atoms with Gasteiger partial charge in [0.1, 0.15) is 5.15 Å². The van der Waals surface area contributed by atoms with Crippen LogP contribution in [0.4, 0.5) is 0 Å². The molecular weight excluding hydrogens is 193 g/mol. The van der Waals surface area contributed by atoms with E-state index < -0.39 is 0 Å². The average Bonchev–Trinajstić information content (AvgIpc) is 2.09. The van der Waals surface area contributed by atoms with E-state index in [-0.39, 0.29) is 0 Å². The molecule has 1 aromatic heterocycles. The Balaban J connectivity index is 2.91. The summed E-state index contributed by atoms with van der Waals surface area (Å²) in [7, 11) is 0. The molecule has 0 unspecified atom stereocenters. The minimum atomic E-state index is 0.501. The van der Waals surface area contributed by atoms with Crippen molar-refractivity contribution in [2.24, 2.45) is 0 Å². The van der Waals surface area contributed by atoms with Crippen molar-refractivity contribution < 1.29 is 0 Å². The maximum absolute atomic E-state index is 5.88. The molecule has 0 fully saturated rings. The van der Waals surface area contributed by atoms with Crippen molar-refractivity contribution in [2.75, 3.05) is 0 Å². The molecule has 0 amide bonds. The second kappa shape index (κ2) is 4.68. The Bertz CT molecular complexity index is 261. The highest BCUT2D eigenvalue weighted by molar-refractivity contribution is 6.30. The highest BCUT2D eigenvalue weighted by Crippen LogP contribution is 2.16. The molecule has 0 spiro atoms. The lowest BCUT2D eigenvalue weighted by atomic mass is 10.1. The SMILES string of the molecule is CCCc1cc(CCl)cnc1Cl. The number of aromatic nitrogens is 1. The first kappa shape index (κ1) is 9.82. The molecular formula is C9H11Cl2N. The smallest absolute Gasteiger partial charge is 0.132 e. The molecule has 1 aromatic rings. The van der Waals surface area contributed by atoms with Gasteiger partial charge in [0.05, 0.1) is 0 Å². The van der Waals surface area contributed by atoms with E-state index in [2.05, 4.69) is 11.9 Å². The molecule has 3 heteroatoms. The first-order valence-electron chi connectivity index (χ1n) is 3.97. The zero-order valence-electron chi connectivity index (χ0n) is 6.98. The van der Waals surface area contributed by atoms with Crippen LogP contribution in [-0.2, 0) is 12.3 Å². The maximum atomic E-state index is 5.88. The second-order valence-electron chi connectivity index (χ2n) is 2.68. The largest absolute Gasteiger partial charge is 0.244 e. The third-order valence-electron chi connectivity index (χ3n) is 1.64. The van der Waals surface area contributed by atoms with E-state index in [1.54, 1.807) is 6.20 Å². The first-order valence-corrected chi connectivity index (χ1v) is 4.88. The first-order chi connectivity index (χ1) is 5.77. The zero-order valence-corrected chi connectivity index (χ0v) is 8.49. The Kier molecular flexibility index (Phi) is 3.83. The van der Waals surface area contributed by atoms with Gasteiger partial charge in [0, 0.05) is 12.1 Å². The number of hydrogen-bond acceptors (Lipinski definition) is 1. The van der Waals surface area contributed by atoms with Crippen LogP contribution in [0.3, 0.4) is 0 Å². The molecule has 0 atom stereocenters. The molecule has 0 saturated heterocycles. The number of pyridine rings is 1. The summed E-state index contributed by atoms with van der Waals surface area (Å²) in [4.78, 5) is 4.05. The van der Waals surface area contributed by atoms with Crippen molar-refractivity contribution in [1.29, 1.82) is 0 Å². The van der Waals surface area contributed by atoms with Gasteiger partial charge in [-0.25, -0.2) is 4.98 Å². The predicted octanol–water partition coefficient (Wildman–Crippen LogP) is 3.43. The van der Waals surface area contributed by atoms with Gasteiger partial charge in [-0.2, -0.15) is 0 Å². The molecule has 0 aliphatic rings. The van der Waals surface area contributed by atoms with Crippen LogP contribution in [0.25, 0.3) is 0 Å². The van der Waals surface area contributed by atoms with Crippen molar-refractivity contribution in [3.05, 3.63) is 28.5 Å². The number of aryl methyl sites for hydroxylation is 1. The number of hydrogen-bond donors (Lipinski definition) is 0. The fourth-order valence-corrected chi connectivity index (χ4v) is 1.40. The number of nitrogens with zero attached hydrogens (tertiary/aromatic N) is 1. The Morgan fingerprint density at radius 1 is 1.50 bits per heavy atom. The van der Waals surface area contributed by atoms with E-state index in [4.69, 9.17) is 23.2 Å². The predicted molar refractivity (Wildman–Crippen MR) is 52.8 cm³/mol. The van der Waals surface area contributed by atoms with Crippen LogP contribution < -0.4 is 0 Å². The lowest BCUT2D eigenvalue weighted by molar-refractivity contribution is 0.910. The monoisotopic (exact) mass is 203 g/mol. The van der Waals surface area contributed by atoms with Gasteiger partial charge in [-0.3, -0.25) is 0 Å². The topological polar surface area (TPSA) is 12.9 Å². The van der Waals surface area contributed by atoms with Crippen LogP contribution in [0.15, 0.2) is 12.3 Å². The van der Waals surface area contributed by atoms with E-state index in [0.717, 1.165) is 24.0 Å². The van der Waals surface area contributed by atoms with E-state index >= 15 is 0 Å². The van der Waals surface area contributed by atoms with E-state index in [1.165, 1.54) is 0 Å². The molecule has 0 aromatic carbocycles. The Hall–Kier alpha value is -0.270. The van der Waals surface area contributed by atoms with Gasteiger partial charge in [-0.15, -0.1) is 11.6 Å². The van der Waals surface area contributed by atoms with Crippen LogP contribution in [0, 0.1) is 0 Å². The fraction of sp³-hybridized carbons (Fsp3) is 0.444. The summed E-state index contributed by atoms with van der Waals surface area (Å²) < 4.78 is 0. The third kappa shape index (κ3) is 2.36. The lowest BCUT2D eigenvalue weighted by Gasteiger charge is -2.02. The fourth-order valence-electron chi connectivity index (χ4n) is 1.06. The summed E-state index contributed by atoms with van der Waals surface area (Å²) in [5, 5.41) is 0.603. The summed E-state index contributed by atoms with van der Waals surface area (Å²) >= 11 is 11.5. The van der Waals surface area contributed by atoms with Crippen LogP contribution in [0.2, 0.25) is 5.15 Å². The highest BCUT2D eigenvalue weighted by atomic mass is 35.5. The quantitative estimate of drug-likeness (QED) is 0.542. The highest BCUT2D eigenvalue weighted by Gasteiger charge is 2.01. The van der Waals surface area contributed by atoms with Crippen LogP contribution >= 0.6 is 23.2 Å². The van der Waals surface area contributed by atoms with Crippen LogP contribution in [-0.4, -0.2) is 4.98 Å². The maximum Gasteiger partial charge on any atom is 0.132 e. The van der Waals surface area contributed by atoms with Gasteiger partial charge in [-0.05, 0) is 17.5 Å². The second-order valence-corrected chi connectivity index (χ2v) is 3.30. The van der Waals surface area contributed by atoms with Gasteiger partial charge in [0.15, 0.2) is 0 Å². The Morgan fingerprint density at radius 3 is 2.83 bits per heavy atom. The molecule has 0 N–H and O–H groups in total. The zero-order chi connectivity index (χ0) is 8.97. The number of alkyl halides is 1. The number of halogens is 2. The summed E-state index contributed by atoms with van der Waals surface area (Å²) in [6.45, 7) is 2.11. The van der Waals surface area contributed by atoms with Crippen molar-refractivity contribution in [3.63, 3.8) is 0 Å². The van der Waals surface area contributed by atoms with Crippen LogP contribution in [0.1, 0.15) is 24.5 Å². The van der Waals surface area contributed by atoms with Crippen LogP contribution in [0.5, 0.6) is 0 Å². The molecule has 0 saturated carbocycles. The van der Waals surface area contributed by atoms with Gasteiger partial charge < -0.3 is 0 Å². The molecule has 0 radical (unpaired) electrons. The van der Waals surface area contributed by atoms with E-state index in [9.17, 15) is 0 Å².